The number of hydrogen-bond acceptors (Lipinski definition) is 2. The second kappa shape index (κ2) is 5.76. The van der Waals surface area contributed by atoms with Gasteiger partial charge in [-0.05, 0) is 36.2 Å². The van der Waals surface area contributed by atoms with E-state index in [1.807, 2.05) is 36.5 Å². The SMILES string of the molecule is O=P(O)(CCc1cccc2[nH]ccc12)Oc1ccccc1. The molecule has 0 aliphatic heterocycles. The zero-order valence-corrected chi connectivity index (χ0v) is 12.3. The zero-order valence-electron chi connectivity index (χ0n) is 11.4. The summed E-state index contributed by atoms with van der Waals surface area (Å²) in [5.41, 5.74) is 2.07. The smallest absolute Gasteiger partial charge is 0.376 e. The summed E-state index contributed by atoms with van der Waals surface area (Å²) < 4.78 is 17.4. The van der Waals surface area contributed by atoms with Gasteiger partial charge in [-0.25, -0.2) is 4.57 Å². The predicted octanol–water partition coefficient (Wildman–Crippen LogP) is 3.97. The predicted molar refractivity (Wildman–Crippen MR) is 83.8 cm³/mol. The van der Waals surface area contributed by atoms with Crippen molar-refractivity contribution < 1.29 is 14.0 Å². The summed E-state index contributed by atoms with van der Waals surface area (Å²) in [4.78, 5) is 13.1. The second-order valence-corrected chi connectivity index (χ2v) is 6.78. The number of aryl methyl sites for hydroxylation is 1. The van der Waals surface area contributed by atoms with E-state index in [0.717, 1.165) is 16.5 Å². The fourth-order valence-corrected chi connectivity index (χ4v) is 3.39. The van der Waals surface area contributed by atoms with Gasteiger partial charge in [0.15, 0.2) is 0 Å². The first kappa shape index (κ1) is 13.9. The largest absolute Gasteiger partial charge is 0.424 e. The lowest BCUT2D eigenvalue weighted by atomic mass is 10.1. The van der Waals surface area contributed by atoms with E-state index in [1.165, 1.54) is 0 Å². The lowest BCUT2D eigenvalue weighted by Crippen LogP contribution is -2.00. The molecule has 1 aromatic heterocycles. The first-order chi connectivity index (χ1) is 10.1. The van der Waals surface area contributed by atoms with Crippen molar-refractivity contribution in [2.45, 2.75) is 6.42 Å². The Kier molecular flexibility index (Phi) is 3.82. The van der Waals surface area contributed by atoms with E-state index in [1.54, 1.807) is 24.3 Å². The number of para-hydroxylation sites is 1. The van der Waals surface area contributed by atoms with E-state index in [4.69, 9.17) is 4.52 Å². The average Bonchev–Trinajstić information content (AvgIpc) is 2.95. The maximum absolute atomic E-state index is 12.2. The fourth-order valence-electron chi connectivity index (χ4n) is 2.32. The van der Waals surface area contributed by atoms with Crippen LogP contribution < -0.4 is 4.52 Å². The molecule has 0 radical (unpaired) electrons. The third-order valence-corrected chi connectivity index (χ3v) is 4.63. The minimum atomic E-state index is -3.65. The molecule has 0 saturated carbocycles. The van der Waals surface area contributed by atoms with Gasteiger partial charge in [0.2, 0.25) is 0 Å². The lowest BCUT2D eigenvalue weighted by molar-refractivity contribution is 0.379. The van der Waals surface area contributed by atoms with Gasteiger partial charge in [0.05, 0.1) is 6.16 Å². The number of nitrogens with one attached hydrogen (secondary N) is 1. The molecule has 0 spiro atoms. The van der Waals surface area contributed by atoms with Crippen LogP contribution in [0.25, 0.3) is 10.9 Å². The van der Waals surface area contributed by atoms with Crippen LogP contribution in [0.3, 0.4) is 0 Å². The van der Waals surface area contributed by atoms with Gasteiger partial charge in [0.25, 0.3) is 0 Å². The molecule has 3 rings (SSSR count). The molecule has 21 heavy (non-hydrogen) atoms. The molecule has 5 heteroatoms. The highest BCUT2D eigenvalue weighted by Gasteiger charge is 2.21. The first-order valence-electron chi connectivity index (χ1n) is 6.75. The number of aromatic amines is 1. The monoisotopic (exact) mass is 301 g/mol. The maximum atomic E-state index is 12.2. The number of fused-ring (bicyclic) bond motifs is 1. The molecule has 3 aromatic rings. The summed E-state index contributed by atoms with van der Waals surface area (Å²) >= 11 is 0. The zero-order chi connectivity index (χ0) is 14.7. The lowest BCUT2D eigenvalue weighted by Gasteiger charge is -2.13. The van der Waals surface area contributed by atoms with Gasteiger partial charge in [-0.15, -0.1) is 0 Å². The Morgan fingerprint density at radius 3 is 2.67 bits per heavy atom. The molecule has 0 aliphatic carbocycles. The minimum absolute atomic E-state index is 0.0895. The van der Waals surface area contributed by atoms with Crippen molar-refractivity contribution in [3.05, 3.63) is 66.4 Å². The highest BCUT2D eigenvalue weighted by Crippen LogP contribution is 2.43. The summed E-state index contributed by atoms with van der Waals surface area (Å²) in [6.45, 7) is 0. The van der Waals surface area contributed by atoms with Crippen LogP contribution in [0.1, 0.15) is 5.56 Å². The number of benzene rings is 2. The number of H-pyrrole nitrogens is 1. The summed E-state index contributed by atoms with van der Waals surface area (Å²) in [5, 5.41) is 1.08. The van der Waals surface area contributed by atoms with Gasteiger partial charge in [-0.2, -0.15) is 0 Å². The fraction of sp³-hybridized carbons (Fsp3) is 0.125. The van der Waals surface area contributed by atoms with Crippen molar-refractivity contribution in [1.29, 1.82) is 0 Å². The first-order valence-corrected chi connectivity index (χ1v) is 8.52. The van der Waals surface area contributed by atoms with Gasteiger partial charge in [-0.1, -0.05) is 30.3 Å². The van der Waals surface area contributed by atoms with Crippen molar-refractivity contribution in [2.75, 3.05) is 6.16 Å². The van der Waals surface area contributed by atoms with Crippen LogP contribution in [0.2, 0.25) is 0 Å². The van der Waals surface area contributed by atoms with Crippen molar-refractivity contribution in [3.8, 4) is 5.75 Å². The number of rotatable bonds is 5. The minimum Gasteiger partial charge on any atom is -0.424 e. The quantitative estimate of drug-likeness (QED) is 0.701. The molecule has 2 aromatic carbocycles. The standard InChI is InChI=1S/C16H16NO3P/c18-21(19,20-14-6-2-1-3-7-14)12-10-13-5-4-8-16-15(13)9-11-17-16/h1-9,11,17H,10,12H2,(H,18,19). The van der Waals surface area contributed by atoms with Crippen molar-refractivity contribution in [1.82, 2.24) is 4.98 Å². The molecule has 1 unspecified atom stereocenters. The van der Waals surface area contributed by atoms with Crippen LogP contribution in [-0.2, 0) is 11.0 Å². The Balaban J connectivity index is 1.72. The van der Waals surface area contributed by atoms with Crippen LogP contribution in [0.4, 0.5) is 0 Å². The molecule has 0 amide bonds. The van der Waals surface area contributed by atoms with E-state index in [2.05, 4.69) is 4.98 Å². The Morgan fingerprint density at radius 2 is 1.86 bits per heavy atom. The molecule has 1 heterocycles. The van der Waals surface area contributed by atoms with E-state index in [0.29, 0.717) is 12.2 Å². The Morgan fingerprint density at radius 1 is 1.05 bits per heavy atom. The van der Waals surface area contributed by atoms with Crippen LogP contribution >= 0.6 is 7.60 Å². The normalized spacial score (nSPS) is 14.0. The summed E-state index contributed by atoms with van der Waals surface area (Å²) in [7, 11) is -3.65. The Labute approximate surface area is 122 Å². The van der Waals surface area contributed by atoms with Crippen molar-refractivity contribution >= 4 is 18.5 Å². The van der Waals surface area contributed by atoms with E-state index in [9.17, 15) is 9.46 Å². The van der Waals surface area contributed by atoms with Gasteiger partial charge in [-0.3, -0.25) is 0 Å². The van der Waals surface area contributed by atoms with E-state index >= 15 is 0 Å². The Bertz CT molecular complexity index is 782. The highest BCUT2D eigenvalue weighted by atomic mass is 31.2. The molecule has 1 atom stereocenters. The second-order valence-electron chi connectivity index (χ2n) is 4.87. The van der Waals surface area contributed by atoms with Gasteiger partial charge < -0.3 is 14.4 Å². The molecule has 108 valence electrons. The van der Waals surface area contributed by atoms with Crippen LogP contribution in [-0.4, -0.2) is 16.0 Å². The van der Waals surface area contributed by atoms with Crippen LogP contribution in [0.5, 0.6) is 5.75 Å². The van der Waals surface area contributed by atoms with Gasteiger partial charge >= 0.3 is 7.60 Å². The molecule has 4 nitrogen and oxygen atoms in total. The van der Waals surface area contributed by atoms with Gasteiger partial charge in [0, 0.05) is 17.1 Å². The highest BCUT2D eigenvalue weighted by molar-refractivity contribution is 7.53. The molecular formula is C16H16NO3P. The Hall–Kier alpha value is -2.03. The maximum Gasteiger partial charge on any atom is 0.376 e. The van der Waals surface area contributed by atoms with E-state index in [-0.39, 0.29) is 6.16 Å². The van der Waals surface area contributed by atoms with E-state index < -0.39 is 7.60 Å². The average molecular weight is 301 g/mol. The molecule has 0 bridgehead atoms. The topological polar surface area (TPSA) is 62.3 Å². The summed E-state index contributed by atoms with van der Waals surface area (Å²) in [5.74, 6) is 0.420. The third-order valence-electron chi connectivity index (χ3n) is 3.34. The van der Waals surface area contributed by atoms with Crippen molar-refractivity contribution in [3.63, 3.8) is 0 Å². The number of aromatic nitrogens is 1. The third kappa shape index (κ3) is 3.35. The molecular weight excluding hydrogens is 285 g/mol. The summed E-state index contributed by atoms with van der Waals surface area (Å²) in [6, 6.07) is 16.6. The van der Waals surface area contributed by atoms with Crippen molar-refractivity contribution in [2.24, 2.45) is 0 Å². The van der Waals surface area contributed by atoms with Gasteiger partial charge in [0.1, 0.15) is 5.75 Å². The molecule has 0 fully saturated rings. The molecule has 0 saturated heterocycles. The molecule has 2 N–H and O–H groups in total. The summed E-state index contributed by atoms with van der Waals surface area (Å²) in [6.07, 6.45) is 2.45. The van der Waals surface area contributed by atoms with Crippen LogP contribution in [0, 0.1) is 0 Å². The van der Waals surface area contributed by atoms with Crippen LogP contribution in [0.15, 0.2) is 60.8 Å². The molecule has 0 aliphatic rings. The number of hydrogen-bond donors (Lipinski definition) is 2.